The van der Waals surface area contributed by atoms with Crippen LogP contribution in [0.1, 0.15) is 25.5 Å². The standard InChI is InChI=1S/C16H16Cl3NS/c1-3-20-10(2)13-6-4-11(8-15(13)18)21-12-5-7-14(17)16(19)9-12/h4-10,20H,3H2,1-2H3. The molecule has 1 atom stereocenters. The van der Waals surface area contributed by atoms with Crippen LogP contribution in [-0.2, 0) is 0 Å². The molecule has 0 fully saturated rings. The SMILES string of the molecule is CCNC(C)c1ccc(Sc2ccc(Cl)c(Cl)c2)cc1Cl. The third-order valence-corrected chi connectivity index (χ3v) is 5.12. The average Bonchev–Trinajstić information content (AvgIpc) is 2.43. The summed E-state index contributed by atoms with van der Waals surface area (Å²) in [6, 6.07) is 12.0. The van der Waals surface area contributed by atoms with Crippen LogP contribution in [0, 0.1) is 0 Å². The van der Waals surface area contributed by atoms with E-state index < -0.39 is 0 Å². The fraction of sp³-hybridized carbons (Fsp3) is 0.250. The van der Waals surface area contributed by atoms with Gasteiger partial charge in [-0.1, -0.05) is 59.6 Å². The summed E-state index contributed by atoms with van der Waals surface area (Å²) in [5.41, 5.74) is 1.11. The van der Waals surface area contributed by atoms with Crippen molar-refractivity contribution in [1.82, 2.24) is 5.32 Å². The molecule has 1 N–H and O–H groups in total. The van der Waals surface area contributed by atoms with E-state index in [1.54, 1.807) is 17.8 Å². The lowest BCUT2D eigenvalue weighted by molar-refractivity contribution is 0.598. The van der Waals surface area contributed by atoms with Crippen molar-refractivity contribution in [2.75, 3.05) is 6.54 Å². The van der Waals surface area contributed by atoms with E-state index in [0.717, 1.165) is 26.9 Å². The van der Waals surface area contributed by atoms with Crippen LogP contribution in [0.3, 0.4) is 0 Å². The van der Waals surface area contributed by atoms with Crippen LogP contribution in [-0.4, -0.2) is 6.54 Å². The molecule has 2 rings (SSSR count). The topological polar surface area (TPSA) is 12.0 Å². The highest BCUT2D eigenvalue weighted by Crippen LogP contribution is 2.35. The predicted molar refractivity (Wildman–Crippen MR) is 94.1 cm³/mol. The summed E-state index contributed by atoms with van der Waals surface area (Å²) in [4.78, 5) is 2.11. The average molecular weight is 361 g/mol. The maximum Gasteiger partial charge on any atom is 0.0603 e. The lowest BCUT2D eigenvalue weighted by atomic mass is 10.1. The van der Waals surface area contributed by atoms with E-state index in [2.05, 4.69) is 31.3 Å². The van der Waals surface area contributed by atoms with Gasteiger partial charge in [0.25, 0.3) is 0 Å². The highest BCUT2D eigenvalue weighted by atomic mass is 35.5. The molecule has 0 spiro atoms. The molecule has 1 nitrogen and oxygen atoms in total. The number of benzene rings is 2. The summed E-state index contributed by atoms with van der Waals surface area (Å²) in [5.74, 6) is 0. The third kappa shape index (κ3) is 4.54. The zero-order chi connectivity index (χ0) is 15.4. The molecule has 0 saturated heterocycles. The summed E-state index contributed by atoms with van der Waals surface area (Å²) in [6.45, 7) is 5.10. The van der Waals surface area contributed by atoms with Gasteiger partial charge in [-0.15, -0.1) is 0 Å². The van der Waals surface area contributed by atoms with Crippen LogP contribution in [0.2, 0.25) is 15.1 Å². The molecule has 0 saturated carbocycles. The van der Waals surface area contributed by atoms with Gasteiger partial charge < -0.3 is 5.32 Å². The summed E-state index contributed by atoms with van der Waals surface area (Å²) >= 11 is 20.0. The Morgan fingerprint density at radius 2 is 1.57 bits per heavy atom. The molecular weight excluding hydrogens is 345 g/mol. The Morgan fingerprint density at radius 1 is 0.952 bits per heavy atom. The van der Waals surface area contributed by atoms with Crippen molar-refractivity contribution in [1.29, 1.82) is 0 Å². The van der Waals surface area contributed by atoms with Gasteiger partial charge in [0.05, 0.1) is 10.0 Å². The Bertz CT molecular complexity index is 631. The highest BCUT2D eigenvalue weighted by Gasteiger charge is 2.10. The summed E-state index contributed by atoms with van der Waals surface area (Å²) < 4.78 is 0. The van der Waals surface area contributed by atoms with Gasteiger partial charge in [-0.3, -0.25) is 0 Å². The van der Waals surface area contributed by atoms with Crippen LogP contribution in [0.15, 0.2) is 46.2 Å². The van der Waals surface area contributed by atoms with Crippen molar-refractivity contribution in [3.05, 3.63) is 57.0 Å². The van der Waals surface area contributed by atoms with Crippen LogP contribution in [0.4, 0.5) is 0 Å². The predicted octanol–water partition coefficient (Wildman–Crippen LogP) is 6.47. The largest absolute Gasteiger partial charge is 0.310 e. The molecule has 0 aliphatic heterocycles. The second-order valence-corrected chi connectivity index (χ2v) is 7.01. The van der Waals surface area contributed by atoms with Crippen molar-refractivity contribution >= 4 is 46.6 Å². The minimum atomic E-state index is 0.242. The molecule has 0 amide bonds. The normalized spacial score (nSPS) is 12.4. The van der Waals surface area contributed by atoms with Gasteiger partial charge in [0.15, 0.2) is 0 Å². The Balaban J connectivity index is 2.18. The lowest BCUT2D eigenvalue weighted by Crippen LogP contribution is -2.17. The first-order valence-corrected chi connectivity index (χ1v) is 8.62. The Hall–Kier alpha value is -0.380. The highest BCUT2D eigenvalue weighted by molar-refractivity contribution is 7.99. The summed E-state index contributed by atoms with van der Waals surface area (Å²) in [5, 5.41) is 5.26. The molecule has 112 valence electrons. The van der Waals surface area contributed by atoms with Gasteiger partial charge in [0, 0.05) is 20.9 Å². The van der Waals surface area contributed by atoms with Crippen molar-refractivity contribution in [3.63, 3.8) is 0 Å². The van der Waals surface area contributed by atoms with Gasteiger partial charge in [-0.2, -0.15) is 0 Å². The fourth-order valence-electron chi connectivity index (χ4n) is 2.02. The molecule has 0 aromatic heterocycles. The molecule has 0 bridgehead atoms. The molecule has 0 aliphatic carbocycles. The van der Waals surface area contributed by atoms with E-state index in [1.165, 1.54) is 0 Å². The minimum Gasteiger partial charge on any atom is -0.310 e. The number of hydrogen-bond donors (Lipinski definition) is 1. The van der Waals surface area contributed by atoms with Crippen LogP contribution < -0.4 is 5.32 Å². The smallest absolute Gasteiger partial charge is 0.0603 e. The van der Waals surface area contributed by atoms with Crippen LogP contribution >= 0.6 is 46.6 Å². The van der Waals surface area contributed by atoms with Crippen LogP contribution in [0.25, 0.3) is 0 Å². The Labute approximate surface area is 145 Å². The first-order valence-electron chi connectivity index (χ1n) is 6.67. The number of rotatable bonds is 5. The molecule has 21 heavy (non-hydrogen) atoms. The molecular formula is C16H16Cl3NS. The maximum atomic E-state index is 6.38. The zero-order valence-electron chi connectivity index (χ0n) is 11.8. The van der Waals surface area contributed by atoms with Gasteiger partial charge in [0.2, 0.25) is 0 Å². The Kier molecular flexibility index (Phi) is 6.27. The van der Waals surface area contributed by atoms with Crippen molar-refractivity contribution in [2.45, 2.75) is 29.7 Å². The van der Waals surface area contributed by atoms with Gasteiger partial charge in [-0.05, 0) is 49.4 Å². The van der Waals surface area contributed by atoms with E-state index >= 15 is 0 Å². The monoisotopic (exact) mass is 359 g/mol. The number of halogens is 3. The van der Waals surface area contributed by atoms with Gasteiger partial charge in [0.1, 0.15) is 0 Å². The molecule has 5 heteroatoms. The molecule has 1 unspecified atom stereocenters. The van der Waals surface area contributed by atoms with Crippen molar-refractivity contribution < 1.29 is 0 Å². The summed E-state index contributed by atoms with van der Waals surface area (Å²) in [7, 11) is 0. The number of nitrogens with one attached hydrogen (secondary N) is 1. The molecule has 0 heterocycles. The van der Waals surface area contributed by atoms with E-state index in [9.17, 15) is 0 Å². The second-order valence-electron chi connectivity index (χ2n) is 4.64. The lowest BCUT2D eigenvalue weighted by Gasteiger charge is -2.15. The maximum absolute atomic E-state index is 6.38. The van der Waals surface area contributed by atoms with E-state index in [0.29, 0.717) is 10.0 Å². The third-order valence-electron chi connectivity index (χ3n) is 3.08. The second kappa shape index (κ2) is 7.75. The molecule has 0 aliphatic rings. The fourth-order valence-corrected chi connectivity index (χ4v) is 3.68. The van der Waals surface area contributed by atoms with E-state index in [1.807, 2.05) is 18.2 Å². The molecule has 0 radical (unpaired) electrons. The van der Waals surface area contributed by atoms with E-state index in [-0.39, 0.29) is 6.04 Å². The zero-order valence-corrected chi connectivity index (χ0v) is 14.9. The Morgan fingerprint density at radius 3 is 2.14 bits per heavy atom. The van der Waals surface area contributed by atoms with Crippen molar-refractivity contribution in [2.24, 2.45) is 0 Å². The minimum absolute atomic E-state index is 0.242. The quantitative estimate of drug-likeness (QED) is 0.656. The first-order chi connectivity index (χ1) is 10.0. The number of hydrogen-bond acceptors (Lipinski definition) is 2. The summed E-state index contributed by atoms with van der Waals surface area (Å²) in [6.07, 6.45) is 0. The van der Waals surface area contributed by atoms with Gasteiger partial charge in [-0.25, -0.2) is 0 Å². The van der Waals surface area contributed by atoms with Gasteiger partial charge >= 0.3 is 0 Å². The molecule has 2 aromatic carbocycles. The first kappa shape index (κ1) is 17.0. The van der Waals surface area contributed by atoms with Crippen molar-refractivity contribution in [3.8, 4) is 0 Å². The van der Waals surface area contributed by atoms with Crippen LogP contribution in [0.5, 0.6) is 0 Å². The van der Waals surface area contributed by atoms with E-state index in [4.69, 9.17) is 34.8 Å². The molecule has 2 aromatic rings.